The minimum Gasteiger partial charge on any atom is -0.371 e. The molecule has 0 unspecified atom stereocenters. The predicted octanol–water partition coefficient (Wildman–Crippen LogP) is 6.43. The molecule has 31 heavy (non-hydrogen) atoms. The molecule has 3 atom stereocenters. The van der Waals surface area contributed by atoms with Crippen molar-refractivity contribution in [1.29, 1.82) is 0 Å². The highest BCUT2D eigenvalue weighted by Gasteiger charge is 2.32. The van der Waals surface area contributed by atoms with Crippen molar-refractivity contribution >= 4 is 23.2 Å². The second kappa shape index (κ2) is 9.63. The van der Waals surface area contributed by atoms with E-state index in [0.29, 0.717) is 28.8 Å². The summed E-state index contributed by atoms with van der Waals surface area (Å²) >= 11 is 5.89. The monoisotopic (exact) mass is 452 g/mol. The first-order valence-corrected chi connectivity index (χ1v) is 11.4. The van der Waals surface area contributed by atoms with E-state index in [2.05, 4.69) is 20.2 Å². The Morgan fingerprint density at radius 3 is 2.42 bits per heavy atom. The van der Waals surface area contributed by atoms with Gasteiger partial charge >= 0.3 is 6.18 Å². The molecule has 4 rings (SSSR count). The predicted molar refractivity (Wildman–Crippen MR) is 117 cm³/mol. The van der Waals surface area contributed by atoms with Gasteiger partial charge in [0.2, 0.25) is 5.95 Å². The molecule has 8 heteroatoms. The fourth-order valence-electron chi connectivity index (χ4n) is 5.01. The molecular weight excluding hydrogens is 425 g/mol. The van der Waals surface area contributed by atoms with E-state index in [1.165, 1.54) is 31.4 Å². The van der Waals surface area contributed by atoms with E-state index in [1.54, 1.807) is 24.5 Å². The summed E-state index contributed by atoms with van der Waals surface area (Å²) in [5.41, 5.74) is 0.288. The summed E-state index contributed by atoms with van der Waals surface area (Å²) in [6.45, 7) is 1.79. The highest BCUT2D eigenvalue weighted by molar-refractivity contribution is 6.30. The van der Waals surface area contributed by atoms with Crippen LogP contribution >= 0.6 is 11.6 Å². The third-order valence-electron chi connectivity index (χ3n) is 6.56. The molecule has 1 aromatic carbocycles. The maximum absolute atomic E-state index is 12.9. The van der Waals surface area contributed by atoms with Crippen LogP contribution < -0.4 is 10.2 Å². The summed E-state index contributed by atoms with van der Waals surface area (Å²) in [4.78, 5) is 10.8. The van der Waals surface area contributed by atoms with E-state index in [4.69, 9.17) is 11.6 Å². The lowest BCUT2D eigenvalue weighted by atomic mass is 9.77. The fourth-order valence-corrected chi connectivity index (χ4v) is 5.11. The van der Waals surface area contributed by atoms with Crippen LogP contribution in [0.1, 0.15) is 50.5 Å². The number of anilines is 2. The van der Waals surface area contributed by atoms with Crippen molar-refractivity contribution in [1.82, 2.24) is 9.97 Å². The Hall–Kier alpha value is -2.02. The molecule has 0 spiro atoms. The number of hydrogen-bond acceptors (Lipinski definition) is 4. The van der Waals surface area contributed by atoms with E-state index < -0.39 is 11.7 Å². The van der Waals surface area contributed by atoms with E-state index >= 15 is 0 Å². The van der Waals surface area contributed by atoms with Crippen molar-refractivity contribution in [2.75, 3.05) is 23.3 Å². The van der Waals surface area contributed by atoms with Gasteiger partial charge in [-0.15, -0.1) is 0 Å². The second-order valence-electron chi connectivity index (χ2n) is 8.75. The van der Waals surface area contributed by atoms with Gasteiger partial charge in [-0.2, -0.15) is 13.2 Å². The van der Waals surface area contributed by atoms with Gasteiger partial charge in [0.1, 0.15) is 0 Å². The molecule has 0 radical (unpaired) electrons. The summed E-state index contributed by atoms with van der Waals surface area (Å²) in [5.74, 6) is 1.71. The molecule has 2 aliphatic rings. The van der Waals surface area contributed by atoms with Crippen LogP contribution in [0.2, 0.25) is 5.02 Å². The first-order chi connectivity index (χ1) is 14.9. The van der Waals surface area contributed by atoms with Gasteiger partial charge in [0.25, 0.3) is 0 Å². The van der Waals surface area contributed by atoms with Crippen LogP contribution in [0.4, 0.5) is 24.8 Å². The Balaban J connectivity index is 1.37. The Morgan fingerprint density at radius 1 is 1.00 bits per heavy atom. The molecule has 1 saturated carbocycles. The number of nitrogens with one attached hydrogen (secondary N) is 1. The molecule has 1 N–H and O–H groups in total. The number of nitrogens with zero attached hydrogens (tertiary/aromatic N) is 3. The lowest BCUT2D eigenvalue weighted by molar-refractivity contribution is -0.137. The molecule has 1 aliphatic heterocycles. The molecule has 2 aromatic rings. The zero-order chi connectivity index (χ0) is 21.8. The van der Waals surface area contributed by atoms with E-state index in [0.717, 1.165) is 44.5 Å². The zero-order valence-electron chi connectivity index (χ0n) is 17.4. The fraction of sp³-hybridized carbons (Fsp3) is 0.565. The van der Waals surface area contributed by atoms with Crippen molar-refractivity contribution in [2.45, 2.75) is 57.2 Å². The first-order valence-electron chi connectivity index (χ1n) is 11.0. The van der Waals surface area contributed by atoms with Crippen LogP contribution in [-0.2, 0) is 6.18 Å². The van der Waals surface area contributed by atoms with E-state index in [9.17, 15) is 13.2 Å². The maximum Gasteiger partial charge on any atom is 0.416 e. The molecule has 4 nitrogen and oxygen atoms in total. The number of alkyl halides is 3. The van der Waals surface area contributed by atoms with Gasteiger partial charge < -0.3 is 10.2 Å². The first kappa shape index (κ1) is 22.2. The van der Waals surface area contributed by atoms with Gasteiger partial charge in [0.05, 0.1) is 23.0 Å². The largest absolute Gasteiger partial charge is 0.416 e. The molecule has 1 aromatic heterocycles. The normalized spacial score (nSPS) is 24.8. The Kier molecular flexibility index (Phi) is 6.89. The van der Waals surface area contributed by atoms with Gasteiger partial charge in [0.15, 0.2) is 0 Å². The maximum atomic E-state index is 12.9. The van der Waals surface area contributed by atoms with Crippen LogP contribution in [0.3, 0.4) is 0 Å². The van der Waals surface area contributed by atoms with Crippen LogP contribution in [0.15, 0.2) is 36.7 Å². The van der Waals surface area contributed by atoms with Crippen LogP contribution in [0, 0.1) is 11.8 Å². The Morgan fingerprint density at radius 2 is 1.71 bits per heavy atom. The number of halogens is 4. The van der Waals surface area contributed by atoms with Crippen molar-refractivity contribution < 1.29 is 13.2 Å². The van der Waals surface area contributed by atoms with Crippen molar-refractivity contribution in [3.8, 4) is 0 Å². The summed E-state index contributed by atoms with van der Waals surface area (Å²) in [7, 11) is 0. The van der Waals surface area contributed by atoms with Gasteiger partial charge in [-0.1, -0.05) is 24.4 Å². The Labute approximate surface area is 186 Å². The number of benzene rings is 1. The summed E-state index contributed by atoms with van der Waals surface area (Å²) in [5, 5.41) is 4.03. The van der Waals surface area contributed by atoms with Crippen molar-refractivity contribution in [3.63, 3.8) is 0 Å². The number of aromatic nitrogens is 2. The topological polar surface area (TPSA) is 41.0 Å². The molecule has 2 fully saturated rings. The van der Waals surface area contributed by atoms with E-state index in [-0.39, 0.29) is 0 Å². The lowest BCUT2D eigenvalue weighted by Gasteiger charge is -2.39. The molecule has 168 valence electrons. The summed E-state index contributed by atoms with van der Waals surface area (Å²) < 4.78 is 38.6. The number of hydrogen-bond donors (Lipinski definition) is 1. The quantitative estimate of drug-likeness (QED) is 0.567. The number of piperidine rings is 1. The molecule has 1 saturated heterocycles. The second-order valence-corrected chi connectivity index (χ2v) is 9.19. The molecule has 0 bridgehead atoms. The van der Waals surface area contributed by atoms with Crippen LogP contribution in [0.25, 0.3) is 0 Å². The summed E-state index contributed by atoms with van der Waals surface area (Å²) in [6.07, 6.45) is 6.99. The number of rotatable bonds is 5. The van der Waals surface area contributed by atoms with Gasteiger partial charge in [-0.05, 0) is 68.2 Å². The highest BCUT2D eigenvalue weighted by atomic mass is 35.5. The standard InChI is InChI=1S/C23H28ClF3N4/c24-19-13-28-22(29-14-19)30-21-6-2-1-5-17(21)12-16-4-3-11-31(15-16)20-9-7-18(8-10-20)23(25,26)27/h7-10,13-14,16-17,21H,1-6,11-12,15H2,(H,28,29,30)/t16-,17+,21-/m1/s1. The van der Waals surface area contributed by atoms with Crippen molar-refractivity contribution in [3.05, 3.63) is 47.2 Å². The molecular formula is C23H28ClF3N4. The van der Waals surface area contributed by atoms with E-state index in [1.807, 2.05) is 0 Å². The zero-order valence-corrected chi connectivity index (χ0v) is 18.2. The average Bonchev–Trinajstić information content (AvgIpc) is 2.76. The van der Waals surface area contributed by atoms with Crippen LogP contribution in [-0.4, -0.2) is 29.1 Å². The Bertz CT molecular complexity index is 841. The minimum absolute atomic E-state index is 0.344. The molecule has 1 aliphatic carbocycles. The lowest BCUT2D eigenvalue weighted by Crippen LogP contribution is -2.39. The molecule has 2 heterocycles. The third kappa shape index (κ3) is 5.82. The highest BCUT2D eigenvalue weighted by Crippen LogP contribution is 2.36. The minimum atomic E-state index is -4.29. The van der Waals surface area contributed by atoms with Crippen LogP contribution in [0.5, 0.6) is 0 Å². The van der Waals surface area contributed by atoms with Gasteiger partial charge in [0, 0.05) is 24.8 Å². The van der Waals surface area contributed by atoms with Gasteiger partial charge in [-0.25, -0.2) is 9.97 Å². The van der Waals surface area contributed by atoms with Crippen molar-refractivity contribution in [2.24, 2.45) is 11.8 Å². The smallest absolute Gasteiger partial charge is 0.371 e. The van der Waals surface area contributed by atoms with Gasteiger partial charge in [-0.3, -0.25) is 0 Å². The average molecular weight is 453 g/mol. The summed E-state index contributed by atoms with van der Waals surface area (Å²) in [6, 6.07) is 5.93. The SMILES string of the molecule is FC(F)(F)c1ccc(N2CCC[C@H](C[C@@H]3CCCC[C@H]3Nc3ncc(Cl)cn3)C2)cc1. The third-order valence-corrected chi connectivity index (χ3v) is 6.75. The molecule has 0 amide bonds.